The lowest BCUT2D eigenvalue weighted by Crippen LogP contribution is -1.84. The van der Waals surface area contributed by atoms with Crippen LogP contribution in [0.1, 0.15) is 12.7 Å². The molecule has 3 rings (SSSR count). The molecule has 0 aliphatic heterocycles. The van der Waals surface area contributed by atoms with Crippen molar-refractivity contribution in [2.75, 3.05) is 0 Å². The number of fused-ring (bicyclic) bond motifs is 1. The number of hydrogen-bond donors (Lipinski definition) is 1. The minimum absolute atomic E-state index is 0.0144. The maximum Gasteiger partial charge on any atom is 0.186 e. The van der Waals surface area contributed by atoms with Crippen molar-refractivity contribution in [1.29, 1.82) is 0 Å². The molecule has 18 heavy (non-hydrogen) atoms. The maximum atomic E-state index is 13.5. The Morgan fingerprint density at radius 3 is 2.78 bits per heavy atom. The lowest BCUT2D eigenvalue weighted by Gasteiger charge is -1.91. The normalized spacial score (nSPS) is 11.3. The molecule has 1 aromatic carbocycles. The molecule has 0 aliphatic carbocycles. The summed E-state index contributed by atoms with van der Waals surface area (Å²) in [5, 5.41) is 0. The smallest absolute Gasteiger partial charge is 0.186 e. The quantitative estimate of drug-likeness (QED) is 0.751. The third kappa shape index (κ3) is 1.59. The van der Waals surface area contributed by atoms with Crippen LogP contribution in [0.25, 0.3) is 22.6 Å². The Labute approximate surface area is 101 Å². The highest BCUT2D eigenvalue weighted by molar-refractivity contribution is 5.79. The number of rotatable bonds is 2. The van der Waals surface area contributed by atoms with Crippen LogP contribution in [0.5, 0.6) is 0 Å². The van der Waals surface area contributed by atoms with E-state index < -0.39 is 11.6 Å². The van der Waals surface area contributed by atoms with Gasteiger partial charge in [-0.15, -0.1) is 0 Å². The first-order chi connectivity index (χ1) is 8.69. The topological polar surface area (TPSA) is 41.8 Å². The highest BCUT2D eigenvalue weighted by Gasteiger charge is 2.14. The molecule has 2 aromatic heterocycles. The highest BCUT2D eigenvalue weighted by atomic mass is 19.2. The molecule has 3 nitrogen and oxygen atoms in total. The monoisotopic (exact) mass is 248 g/mol. The fraction of sp³-hybridized carbons (Fsp3) is 0.154. The Morgan fingerprint density at radius 1 is 1.22 bits per heavy atom. The molecule has 0 spiro atoms. The number of nitrogens with one attached hydrogen (secondary N) is 1. The van der Waals surface area contributed by atoms with Gasteiger partial charge in [0, 0.05) is 6.42 Å². The molecule has 3 aromatic rings. The van der Waals surface area contributed by atoms with E-state index in [1.54, 1.807) is 6.07 Å². The second-order valence-corrected chi connectivity index (χ2v) is 3.96. The standard InChI is InChI=1S/C13H10F2N2O/c1-2-7-3-6-10(18-7)13-16-9-5-4-8(14)11(15)12(9)17-13/h3-6H,2H2,1H3,(H,16,17). The number of H-pyrrole nitrogens is 1. The van der Waals surface area contributed by atoms with E-state index in [4.69, 9.17) is 4.42 Å². The third-order valence-corrected chi connectivity index (χ3v) is 2.79. The van der Waals surface area contributed by atoms with Crippen molar-refractivity contribution in [3.05, 3.63) is 41.7 Å². The summed E-state index contributed by atoms with van der Waals surface area (Å²) in [7, 11) is 0. The Balaban J connectivity index is 2.16. The van der Waals surface area contributed by atoms with Gasteiger partial charge in [0.1, 0.15) is 11.3 Å². The Bertz CT molecular complexity index is 715. The molecular weight excluding hydrogens is 238 g/mol. The SMILES string of the molecule is CCc1ccc(-c2nc3c(F)c(F)ccc3[nH]2)o1. The average molecular weight is 248 g/mol. The van der Waals surface area contributed by atoms with Gasteiger partial charge in [-0.3, -0.25) is 0 Å². The van der Waals surface area contributed by atoms with Gasteiger partial charge < -0.3 is 9.40 Å². The number of benzene rings is 1. The molecule has 0 amide bonds. The predicted molar refractivity (Wildman–Crippen MR) is 63.1 cm³/mol. The van der Waals surface area contributed by atoms with Gasteiger partial charge >= 0.3 is 0 Å². The van der Waals surface area contributed by atoms with E-state index in [1.165, 1.54) is 6.07 Å². The van der Waals surface area contributed by atoms with Crippen LogP contribution in [0, 0.1) is 11.6 Å². The molecule has 0 atom stereocenters. The van der Waals surface area contributed by atoms with Crippen LogP contribution < -0.4 is 0 Å². The van der Waals surface area contributed by atoms with E-state index in [1.807, 2.05) is 13.0 Å². The summed E-state index contributed by atoms with van der Waals surface area (Å²) in [6.07, 6.45) is 0.767. The summed E-state index contributed by atoms with van der Waals surface area (Å²) < 4.78 is 32.1. The van der Waals surface area contributed by atoms with E-state index in [9.17, 15) is 8.78 Å². The summed E-state index contributed by atoms with van der Waals surface area (Å²) in [4.78, 5) is 6.93. The lowest BCUT2D eigenvalue weighted by molar-refractivity contribution is 0.515. The van der Waals surface area contributed by atoms with Crippen LogP contribution in [0.4, 0.5) is 8.78 Å². The van der Waals surface area contributed by atoms with Crippen molar-refractivity contribution in [2.24, 2.45) is 0 Å². The summed E-state index contributed by atoms with van der Waals surface area (Å²) in [5.41, 5.74) is 0.429. The second kappa shape index (κ2) is 3.94. The molecule has 2 heterocycles. The zero-order valence-electron chi connectivity index (χ0n) is 9.63. The second-order valence-electron chi connectivity index (χ2n) is 3.96. The highest BCUT2D eigenvalue weighted by Crippen LogP contribution is 2.25. The number of hydrogen-bond acceptors (Lipinski definition) is 2. The number of imidazole rings is 1. The first-order valence-electron chi connectivity index (χ1n) is 5.62. The summed E-state index contributed by atoms with van der Waals surface area (Å²) in [6.45, 7) is 1.97. The van der Waals surface area contributed by atoms with Gasteiger partial charge in [0.15, 0.2) is 23.2 Å². The molecule has 5 heteroatoms. The fourth-order valence-electron chi connectivity index (χ4n) is 1.83. The van der Waals surface area contributed by atoms with Crippen LogP contribution in [-0.2, 0) is 6.42 Å². The van der Waals surface area contributed by atoms with E-state index in [0.29, 0.717) is 17.1 Å². The number of halogens is 2. The van der Waals surface area contributed by atoms with Crippen molar-refractivity contribution in [1.82, 2.24) is 9.97 Å². The summed E-state index contributed by atoms with van der Waals surface area (Å²) >= 11 is 0. The third-order valence-electron chi connectivity index (χ3n) is 2.79. The Hall–Kier alpha value is -2.17. The number of aryl methyl sites for hydroxylation is 1. The molecule has 0 aliphatic rings. The molecule has 0 unspecified atom stereocenters. The largest absolute Gasteiger partial charge is 0.458 e. The first kappa shape index (κ1) is 11.0. The zero-order chi connectivity index (χ0) is 12.7. The van der Waals surface area contributed by atoms with Crippen molar-refractivity contribution in [3.63, 3.8) is 0 Å². The predicted octanol–water partition coefficient (Wildman–Crippen LogP) is 3.66. The molecule has 0 radical (unpaired) electrons. The van der Waals surface area contributed by atoms with Gasteiger partial charge in [0.25, 0.3) is 0 Å². The minimum atomic E-state index is -0.947. The number of aromatic nitrogens is 2. The van der Waals surface area contributed by atoms with Gasteiger partial charge in [-0.2, -0.15) is 0 Å². The van der Waals surface area contributed by atoms with E-state index in [2.05, 4.69) is 9.97 Å². The van der Waals surface area contributed by atoms with Gasteiger partial charge in [-0.25, -0.2) is 13.8 Å². The van der Waals surface area contributed by atoms with Gasteiger partial charge in [-0.05, 0) is 24.3 Å². The van der Waals surface area contributed by atoms with Gasteiger partial charge in [0.2, 0.25) is 0 Å². The van der Waals surface area contributed by atoms with Crippen LogP contribution in [0.2, 0.25) is 0 Å². The van der Waals surface area contributed by atoms with E-state index >= 15 is 0 Å². The van der Waals surface area contributed by atoms with Crippen LogP contribution in [-0.4, -0.2) is 9.97 Å². The lowest BCUT2D eigenvalue weighted by atomic mass is 10.3. The Kier molecular flexibility index (Phi) is 2.40. The molecular formula is C13H10F2N2O. The van der Waals surface area contributed by atoms with Crippen molar-refractivity contribution < 1.29 is 13.2 Å². The average Bonchev–Trinajstić information content (AvgIpc) is 2.99. The van der Waals surface area contributed by atoms with Crippen LogP contribution >= 0.6 is 0 Å². The van der Waals surface area contributed by atoms with Crippen molar-refractivity contribution in [3.8, 4) is 11.6 Å². The molecule has 0 fully saturated rings. The maximum absolute atomic E-state index is 13.5. The molecule has 0 saturated carbocycles. The van der Waals surface area contributed by atoms with Gasteiger partial charge in [0.05, 0.1) is 5.52 Å². The van der Waals surface area contributed by atoms with Crippen LogP contribution in [0.3, 0.4) is 0 Å². The zero-order valence-corrected chi connectivity index (χ0v) is 9.63. The van der Waals surface area contributed by atoms with E-state index in [0.717, 1.165) is 18.2 Å². The van der Waals surface area contributed by atoms with Gasteiger partial charge in [-0.1, -0.05) is 6.92 Å². The molecule has 0 saturated heterocycles. The van der Waals surface area contributed by atoms with Crippen molar-refractivity contribution in [2.45, 2.75) is 13.3 Å². The Morgan fingerprint density at radius 2 is 2.06 bits per heavy atom. The first-order valence-corrected chi connectivity index (χ1v) is 5.62. The summed E-state index contributed by atoms with van der Waals surface area (Å²) in [6, 6.07) is 6.11. The number of furan rings is 1. The molecule has 0 bridgehead atoms. The molecule has 1 N–H and O–H groups in total. The molecule has 92 valence electrons. The van der Waals surface area contributed by atoms with Crippen molar-refractivity contribution >= 4 is 11.0 Å². The van der Waals surface area contributed by atoms with Crippen LogP contribution in [0.15, 0.2) is 28.7 Å². The van der Waals surface area contributed by atoms with E-state index in [-0.39, 0.29) is 5.52 Å². The summed E-state index contributed by atoms with van der Waals surface area (Å²) in [5.74, 6) is -0.124. The fourth-order valence-corrected chi connectivity index (χ4v) is 1.83. The number of aromatic amines is 1. The minimum Gasteiger partial charge on any atom is -0.458 e. The number of nitrogens with zero attached hydrogens (tertiary/aromatic N) is 1.